The highest BCUT2D eigenvalue weighted by atomic mass is 16.7. The Kier molecular flexibility index (Phi) is 11.4. The van der Waals surface area contributed by atoms with Crippen molar-refractivity contribution in [1.29, 1.82) is 0 Å². The van der Waals surface area contributed by atoms with Crippen LogP contribution in [0.1, 0.15) is 39.8 Å². The summed E-state index contributed by atoms with van der Waals surface area (Å²) in [5.41, 5.74) is 2.82. The second-order valence-electron chi connectivity index (χ2n) is 13.8. The number of fused-ring (bicyclic) bond motifs is 1. The predicted molar refractivity (Wildman–Crippen MR) is 194 cm³/mol. The number of ether oxygens (including phenoxy) is 5. The van der Waals surface area contributed by atoms with Crippen LogP contribution in [0.4, 0.5) is 0 Å². The van der Waals surface area contributed by atoms with Gasteiger partial charge >= 0.3 is 0 Å². The van der Waals surface area contributed by atoms with Gasteiger partial charge in [-0.05, 0) is 64.7 Å². The lowest BCUT2D eigenvalue weighted by molar-refractivity contribution is -0.277. The summed E-state index contributed by atoms with van der Waals surface area (Å²) >= 11 is 0. The van der Waals surface area contributed by atoms with Crippen molar-refractivity contribution in [3.05, 3.63) is 107 Å². The molecule has 16 nitrogen and oxygen atoms in total. The van der Waals surface area contributed by atoms with Crippen molar-refractivity contribution in [3.63, 3.8) is 0 Å². The molecule has 4 aromatic carbocycles. The zero-order chi connectivity index (χ0) is 39.8. The molecule has 2 saturated heterocycles. The van der Waals surface area contributed by atoms with E-state index in [1.165, 1.54) is 42.5 Å². The highest BCUT2D eigenvalue weighted by Gasteiger charge is 2.47. The van der Waals surface area contributed by atoms with Gasteiger partial charge in [-0.3, -0.25) is 0 Å². The Bertz CT molecular complexity index is 2000. The molecule has 0 radical (unpaired) electrons. The van der Waals surface area contributed by atoms with E-state index in [0.29, 0.717) is 27.8 Å². The molecule has 4 aromatic rings. The topological polar surface area (TPSA) is 269 Å². The maximum absolute atomic E-state index is 11.0. The first-order chi connectivity index (χ1) is 26.8. The van der Waals surface area contributed by atoms with E-state index in [-0.39, 0.29) is 34.5 Å². The summed E-state index contributed by atoms with van der Waals surface area (Å²) in [5.74, 6) is -0.560. The van der Waals surface area contributed by atoms with Gasteiger partial charge in [0.05, 0.1) is 19.1 Å². The SMILES string of the molecule is OC[C@H]1O[C@@H](Oc2cc(O)cc(C3c4c(/C=C/c5ccc(O)cc5)cc(O[C@@H]5O[C@H](CO)[C@@H](O)[C@H](O)[C@H]5O)cc4OC3c3ccc(O)cc3)c2)[C@H](O)[C@@H](O)[C@@H]1O. The lowest BCUT2D eigenvalue weighted by Crippen LogP contribution is -2.60. The number of rotatable bonds is 10. The molecule has 0 saturated carbocycles. The molecule has 298 valence electrons. The van der Waals surface area contributed by atoms with Crippen LogP contribution in [0.3, 0.4) is 0 Å². The third kappa shape index (κ3) is 7.85. The van der Waals surface area contributed by atoms with E-state index in [2.05, 4.69) is 0 Å². The zero-order valence-corrected chi connectivity index (χ0v) is 29.5. The van der Waals surface area contributed by atoms with Gasteiger partial charge in [-0.15, -0.1) is 0 Å². The Balaban J connectivity index is 1.33. The Morgan fingerprint density at radius 3 is 1.62 bits per heavy atom. The molecule has 16 heteroatoms. The minimum Gasteiger partial charge on any atom is -0.508 e. The van der Waals surface area contributed by atoms with Crippen LogP contribution in [0, 0.1) is 0 Å². The van der Waals surface area contributed by atoms with Gasteiger partial charge in [0.15, 0.2) is 0 Å². The first-order valence-corrected chi connectivity index (χ1v) is 17.7. The summed E-state index contributed by atoms with van der Waals surface area (Å²) in [7, 11) is 0. The molecule has 3 aliphatic heterocycles. The van der Waals surface area contributed by atoms with Crippen LogP contribution in [0.5, 0.6) is 34.5 Å². The van der Waals surface area contributed by atoms with Gasteiger partial charge in [0, 0.05) is 17.7 Å². The first-order valence-electron chi connectivity index (χ1n) is 17.7. The van der Waals surface area contributed by atoms with Gasteiger partial charge in [-0.2, -0.15) is 0 Å². The first kappa shape index (κ1) is 39.3. The normalized spacial score (nSPS) is 31.5. The maximum atomic E-state index is 11.0. The second kappa shape index (κ2) is 16.2. The molecule has 11 N–H and O–H groups in total. The fraction of sp³-hybridized carbons (Fsp3) is 0.350. The molecule has 2 fully saturated rings. The van der Waals surface area contributed by atoms with Crippen LogP contribution >= 0.6 is 0 Å². The molecule has 0 aliphatic carbocycles. The van der Waals surface area contributed by atoms with Crippen molar-refractivity contribution < 1.29 is 79.9 Å². The van der Waals surface area contributed by atoms with Crippen molar-refractivity contribution in [2.75, 3.05) is 13.2 Å². The Morgan fingerprint density at radius 1 is 0.536 bits per heavy atom. The average Bonchev–Trinajstić information content (AvgIpc) is 3.57. The largest absolute Gasteiger partial charge is 0.508 e. The third-order valence-electron chi connectivity index (χ3n) is 10.1. The highest BCUT2D eigenvalue weighted by Crippen LogP contribution is 2.54. The smallest absolute Gasteiger partial charge is 0.229 e. The quantitative estimate of drug-likeness (QED) is 0.0985. The molecule has 0 spiro atoms. The summed E-state index contributed by atoms with van der Waals surface area (Å²) in [5, 5.41) is 113. The fourth-order valence-corrected chi connectivity index (χ4v) is 7.10. The number of hydrogen-bond acceptors (Lipinski definition) is 16. The van der Waals surface area contributed by atoms with E-state index >= 15 is 0 Å². The lowest BCUT2D eigenvalue weighted by atomic mass is 9.82. The van der Waals surface area contributed by atoms with Crippen LogP contribution in [-0.2, 0) is 9.47 Å². The van der Waals surface area contributed by atoms with E-state index < -0.39 is 86.6 Å². The number of phenols is 3. The van der Waals surface area contributed by atoms with Crippen molar-refractivity contribution in [3.8, 4) is 34.5 Å². The molecule has 0 bridgehead atoms. The monoisotopic (exact) mass is 778 g/mol. The van der Waals surface area contributed by atoms with E-state index in [0.717, 1.165) is 0 Å². The summed E-state index contributed by atoms with van der Waals surface area (Å²) in [4.78, 5) is 0. The minimum absolute atomic E-state index is 0.00103. The standard InChI is InChI=1S/C40H42O16/c41-16-28-32(46)34(48)36(50)39(55-28)52-25-13-21(11-24(45)14-25)31-30-20(4-1-18-2-7-22(43)8-3-18)12-26(53-40-37(51)35(49)33(47)29(17-42)56-40)15-27(30)54-38(31)19-5-9-23(44)10-6-19/h1-15,28-29,31-51H,16-17H2/b4-1+/t28-,29-,31?,32-,33-,34+,35+,36-,37-,38?,39-,40-/m1/s1. The van der Waals surface area contributed by atoms with Crippen LogP contribution in [0.25, 0.3) is 12.2 Å². The van der Waals surface area contributed by atoms with Gasteiger partial charge in [0.2, 0.25) is 12.6 Å². The van der Waals surface area contributed by atoms with E-state index in [1.54, 1.807) is 48.6 Å². The van der Waals surface area contributed by atoms with Crippen molar-refractivity contribution in [1.82, 2.24) is 0 Å². The fourth-order valence-electron chi connectivity index (χ4n) is 7.10. The molecular weight excluding hydrogens is 736 g/mol. The van der Waals surface area contributed by atoms with Crippen LogP contribution < -0.4 is 14.2 Å². The van der Waals surface area contributed by atoms with Gasteiger partial charge < -0.3 is 79.9 Å². The van der Waals surface area contributed by atoms with Gasteiger partial charge in [0.25, 0.3) is 0 Å². The predicted octanol–water partition coefficient (Wildman–Crippen LogP) is 0.597. The second-order valence-corrected chi connectivity index (χ2v) is 13.8. The summed E-state index contributed by atoms with van der Waals surface area (Å²) in [6.45, 7) is -1.34. The van der Waals surface area contributed by atoms with Crippen LogP contribution in [-0.4, -0.2) is 131 Å². The van der Waals surface area contributed by atoms with Crippen molar-refractivity contribution >= 4 is 12.2 Å². The molecule has 12 atom stereocenters. The zero-order valence-electron chi connectivity index (χ0n) is 29.5. The maximum Gasteiger partial charge on any atom is 0.229 e. The number of benzene rings is 4. The molecule has 0 aromatic heterocycles. The number of aromatic hydroxyl groups is 3. The minimum atomic E-state index is -1.72. The summed E-state index contributed by atoms with van der Waals surface area (Å²) in [6.07, 6.45) is -12.9. The molecule has 2 unspecified atom stereocenters. The molecule has 7 rings (SSSR count). The Labute approximate surface area is 319 Å². The molecule has 56 heavy (non-hydrogen) atoms. The average molecular weight is 779 g/mol. The van der Waals surface area contributed by atoms with E-state index in [9.17, 15) is 56.2 Å². The Morgan fingerprint density at radius 2 is 1.07 bits per heavy atom. The number of aliphatic hydroxyl groups excluding tert-OH is 8. The van der Waals surface area contributed by atoms with Gasteiger partial charge in [-0.25, -0.2) is 0 Å². The lowest BCUT2D eigenvalue weighted by Gasteiger charge is -2.39. The Hall–Kier alpha value is -4.98. The number of hydrogen-bond donors (Lipinski definition) is 11. The van der Waals surface area contributed by atoms with E-state index in [1.807, 2.05) is 0 Å². The number of aliphatic hydroxyl groups is 8. The van der Waals surface area contributed by atoms with Crippen LogP contribution in [0.2, 0.25) is 0 Å². The summed E-state index contributed by atoms with van der Waals surface area (Å²) < 4.78 is 29.7. The van der Waals surface area contributed by atoms with Gasteiger partial charge in [-0.1, -0.05) is 36.4 Å². The van der Waals surface area contributed by atoms with E-state index in [4.69, 9.17) is 23.7 Å². The molecule has 3 aliphatic rings. The van der Waals surface area contributed by atoms with Crippen molar-refractivity contribution in [2.24, 2.45) is 0 Å². The van der Waals surface area contributed by atoms with Crippen molar-refractivity contribution in [2.45, 2.75) is 73.4 Å². The van der Waals surface area contributed by atoms with Gasteiger partial charge in [0.1, 0.15) is 89.4 Å². The number of phenolic OH excluding ortho intramolecular Hbond substituents is 3. The third-order valence-corrected chi connectivity index (χ3v) is 10.1. The summed E-state index contributed by atoms with van der Waals surface area (Å²) in [6, 6.07) is 20.1. The van der Waals surface area contributed by atoms with Crippen LogP contribution in [0.15, 0.2) is 78.9 Å². The molecule has 3 heterocycles. The molecular formula is C40H42O16. The highest BCUT2D eigenvalue weighted by molar-refractivity contribution is 5.75. The molecule has 0 amide bonds.